The van der Waals surface area contributed by atoms with Gasteiger partial charge >= 0.3 is 0 Å². The van der Waals surface area contributed by atoms with Gasteiger partial charge in [0.25, 0.3) is 0 Å². The van der Waals surface area contributed by atoms with Gasteiger partial charge in [-0.3, -0.25) is 4.79 Å². The molecule has 6 heteroatoms. The van der Waals surface area contributed by atoms with Crippen LogP contribution in [-0.4, -0.2) is 14.7 Å². The van der Waals surface area contributed by atoms with E-state index in [1.807, 2.05) is 17.5 Å². The maximum atomic E-state index is 11.5. The van der Waals surface area contributed by atoms with E-state index in [2.05, 4.69) is 0 Å². The maximum Gasteiger partial charge on any atom is 0.238 e. The fourth-order valence-corrected chi connectivity index (χ4v) is 3.17. The third-order valence-electron chi connectivity index (χ3n) is 2.47. The number of nitrogens with two attached hydrogens (primary N) is 1. The Morgan fingerprint density at radius 1 is 1.28 bits per heavy atom. The number of sulfonamides is 1. The SMILES string of the molecule is NS(=O)(=O)c1ccc(C=O)cc1Cc1cccs1. The van der Waals surface area contributed by atoms with E-state index in [4.69, 9.17) is 5.14 Å². The van der Waals surface area contributed by atoms with Crippen molar-refractivity contribution in [1.82, 2.24) is 0 Å². The molecule has 1 heterocycles. The van der Waals surface area contributed by atoms with Gasteiger partial charge in [0.05, 0.1) is 4.90 Å². The van der Waals surface area contributed by atoms with Gasteiger partial charge in [0, 0.05) is 16.9 Å². The van der Waals surface area contributed by atoms with Crippen molar-refractivity contribution in [2.45, 2.75) is 11.3 Å². The standard InChI is InChI=1S/C12H11NO3S2/c13-18(15,16)12-4-3-9(8-14)6-10(12)7-11-2-1-5-17-11/h1-6,8H,7H2,(H2,13,15,16). The first-order valence-corrected chi connectivity index (χ1v) is 7.56. The molecular formula is C12H11NO3S2. The number of rotatable bonds is 4. The fourth-order valence-electron chi connectivity index (χ4n) is 1.69. The normalized spacial score (nSPS) is 11.4. The molecular weight excluding hydrogens is 270 g/mol. The molecule has 18 heavy (non-hydrogen) atoms. The molecule has 0 radical (unpaired) electrons. The monoisotopic (exact) mass is 281 g/mol. The molecule has 0 saturated carbocycles. The van der Waals surface area contributed by atoms with E-state index in [0.29, 0.717) is 23.8 Å². The third kappa shape index (κ3) is 2.84. The van der Waals surface area contributed by atoms with Crippen molar-refractivity contribution in [3.63, 3.8) is 0 Å². The summed E-state index contributed by atoms with van der Waals surface area (Å²) in [5.41, 5.74) is 0.985. The smallest absolute Gasteiger partial charge is 0.238 e. The zero-order valence-corrected chi connectivity index (χ0v) is 11.0. The summed E-state index contributed by atoms with van der Waals surface area (Å²) in [4.78, 5) is 11.8. The Morgan fingerprint density at radius 2 is 2.06 bits per heavy atom. The maximum absolute atomic E-state index is 11.5. The lowest BCUT2D eigenvalue weighted by atomic mass is 10.1. The molecule has 0 unspecified atom stereocenters. The van der Waals surface area contributed by atoms with Crippen molar-refractivity contribution >= 4 is 27.6 Å². The second kappa shape index (κ2) is 5.01. The average molecular weight is 281 g/mol. The minimum absolute atomic E-state index is 0.0708. The summed E-state index contributed by atoms with van der Waals surface area (Å²) >= 11 is 1.53. The lowest BCUT2D eigenvalue weighted by Gasteiger charge is -2.07. The molecule has 0 aliphatic heterocycles. The number of benzene rings is 1. The highest BCUT2D eigenvalue weighted by Gasteiger charge is 2.15. The van der Waals surface area contributed by atoms with Gasteiger partial charge in [-0.05, 0) is 29.1 Å². The predicted molar refractivity (Wildman–Crippen MR) is 70.3 cm³/mol. The number of primary sulfonamides is 1. The van der Waals surface area contributed by atoms with Gasteiger partial charge in [-0.15, -0.1) is 11.3 Å². The summed E-state index contributed by atoms with van der Waals surface area (Å²) in [6.07, 6.45) is 1.13. The Bertz CT molecular complexity index is 661. The number of thiophene rings is 1. The molecule has 0 fully saturated rings. The van der Waals surface area contributed by atoms with Crippen molar-refractivity contribution < 1.29 is 13.2 Å². The predicted octanol–water partition coefficient (Wildman–Crippen LogP) is 1.80. The van der Waals surface area contributed by atoms with Crippen molar-refractivity contribution in [3.8, 4) is 0 Å². The zero-order valence-electron chi connectivity index (χ0n) is 9.37. The van der Waals surface area contributed by atoms with Gasteiger partial charge in [0.15, 0.2) is 0 Å². The van der Waals surface area contributed by atoms with Crippen molar-refractivity contribution in [2.75, 3.05) is 0 Å². The van der Waals surface area contributed by atoms with Crippen LogP contribution in [0.4, 0.5) is 0 Å². The molecule has 0 bridgehead atoms. The van der Waals surface area contributed by atoms with Gasteiger partial charge in [-0.1, -0.05) is 12.1 Å². The molecule has 2 rings (SSSR count). The van der Waals surface area contributed by atoms with E-state index in [9.17, 15) is 13.2 Å². The van der Waals surface area contributed by atoms with Gasteiger partial charge in [0.1, 0.15) is 6.29 Å². The van der Waals surface area contributed by atoms with Crippen molar-refractivity contribution in [2.24, 2.45) is 5.14 Å². The molecule has 0 saturated heterocycles. The quantitative estimate of drug-likeness (QED) is 0.868. The minimum Gasteiger partial charge on any atom is -0.298 e. The largest absolute Gasteiger partial charge is 0.298 e. The molecule has 94 valence electrons. The molecule has 0 amide bonds. The second-order valence-electron chi connectivity index (χ2n) is 3.79. The molecule has 0 aliphatic rings. The van der Waals surface area contributed by atoms with Gasteiger partial charge in [0.2, 0.25) is 10.0 Å². The topological polar surface area (TPSA) is 77.2 Å². The summed E-state index contributed by atoms with van der Waals surface area (Å²) in [6, 6.07) is 8.19. The van der Waals surface area contributed by atoms with Crippen molar-refractivity contribution in [1.29, 1.82) is 0 Å². The first-order valence-electron chi connectivity index (χ1n) is 5.14. The average Bonchev–Trinajstić information content (AvgIpc) is 2.80. The van der Waals surface area contributed by atoms with Crippen LogP contribution in [0.1, 0.15) is 20.8 Å². The van der Waals surface area contributed by atoms with Gasteiger partial charge in [-0.2, -0.15) is 0 Å². The van der Waals surface area contributed by atoms with E-state index < -0.39 is 10.0 Å². The lowest BCUT2D eigenvalue weighted by molar-refractivity contribution is 0.112. The highest BCUT2D eigenvalue weighted by molar-refractivity contribution is 7.89. The Labute approximate surface area is 109 Å². The summed E-state index contributed by atoms with van der Waals surface area (Å²) < 4.78 is 22.9. The van der Waals surface area contributed by atoms with Crippen LogP contribution >= 0.6 is 11.3 Å². The van der Waals surface area contributed by atoms with Crippen LogP contribution < -0.4 is 5.14 Å². The Hall–Kier alpha value is -1.50. The number of aldehydes is 1. The number of carbonyl (C=O) groups excluding carboxylic acids is 1. The Balaban J connectivity index is 2.51. The summed E-state index contributed by atoms with van der Waals surface area (Å²) in [5, 5.41) is 7.08. The molecule has 0 aliphatic carbocycles. The van der Waals surface area contributed by atoms with Crippen LogP contribution in [0.3, 0.4) is 0 Å². The molecule has 2 aromatic rings. The van der Waals surface area contributed by atoms with E-state index in [-0.39, 0.29) is 4.90 Å². The van der Waals surface area contributed by atoms with Crippen LogP contribution in [0, 0.1) is 0 Å². The van der Waals surface area contributed by atoms with Gasteiger partial charge < -0.3 is 0 Å². The minimum atomic E-state index is -3.77. The molecule has 2 N–H and O–H groups in total. The first-order chi connectivity index (χ1) is 8.50. The molecule has 1 aromatic carbocycles. The lowest BCUT2D eigenvalue weighted by Crippen LogP contribution is -2.15. The second-order valence-corrected chi connectivity index (χ2v) is 6.35. The molecule has 1 aromatic heterocycles. The highest BCUT2D eigenvalue weighted by atomic mass is 32.2. The van der Waals surface area contributed by atoms with E-state index in [1.165, 1.54) is 23.5 Å². The highest BCUT2D eigenvalue weighted by Crippen LogP contribution is 2.21. The number of carbonyl (C=O) groups is 1. The van der Waals surface area contributed by atoms with Crippen LogP contribution in [0.2, 0.25) is 0 Å². The van der Waals surface area contributed by atoms with Crippen LogP contribution in [-0.2, 0) is 16.4 Å². The van der Waals surface area contributed by atoms with Crippen LogP contribution in [0.15, 0.2) is 40.6 Å². The molecule has 4 nitrogen and oxygen atoms in total. The first kappa shape index (κ1) is 12.9. The fraction of sp³-hybridized carbons (Fsp3) is 0.0833. The van der Waals surface area contributed by atoms with E-state index in [0.717, 1.165) is 4.88 Å². The summed E-state index contributed by atoms with van der Waals surface area (Å²) in [5.74, 6) is 0. The number of hydrogen-bond acceptors (Lipinski definition) is 4. The van der Waals surface area contributed by atoms with Gasteiger partial charge in [-0.25, -0.2) is 13.6 Å². The summed E-state index contributed by atoms with van der Waals surface area (Å²) in [7, 11) is -3.77. The Kier molecular flexibility index (Phi) is 3.60. The zero-order chi connectivity index (χ0) is 13.2. The molecule has 0 spiro atoms. The van der Waals surface area contributed by atoms with E-state index >= 15 is 0 Å². The van der Waals surface area contributed by atoms with Crippen molar-refractivity contribution in [3.05, 3.63) is 51.7 Å². The Morgan fingerprint density at radius 3 is 2.61 bits per heavy atom. The van der Waals surface area contributed by atoms with Crippen LogP contribution in [0.25, 0.3) is 0 Å². The third-order valence-corrected chi connectivity index (χ3v) is 4.36. The number of hydrogen-bond donors (Lipinski definition) is 1. The molecule has 0 atom stereocenters. The van der Waals surface area contributed by atoms with E-state index in [1.54, 1.807) is 6.07 Å². The van der Waals surface area contributed by atoms with Crippen LogP contribution in [0.5, 0.6) is 0 Å². The summed E-state index contributed by atoms with van der Waals surface area (Å²) in [6.45, 7) is 0.